The molecule has 0 radical (unpaired) electrons. The highest BCUT2D eigenvalue weighted by Gasteiger charge is 2.26. The number of nitro groups is 2. The lowest BCUT2D eigenvalue weighted by atomic mass is 9.97. The van der Waals surface area contributed by atoms with Crippen LogP contribution in [0.2, 0.25) is 0 Å². The van der Waals surface area contributed by atoms with E-state index in [2.05, 4.69) is 0 Å². The van der Waals surface area contributed by atoms with Crippen LogP contribution in [0.1, 0.15) is 32.6 Å². The third-order valence-corrected chi connectivity index (χ3v) is 3.75. The van der Waals surface area contributed by atoms with Crippen LogP contribution in [-0.2, 0) is 9.59 Å². The molecule has 0 aliphatic heterocycles. The van der Waals surface area contributed by atoms with Crippen molar-refractivity contribution in [1.82, 2.24) is 0 Å². The van der Waals surface area contributed by atoms with E-state index in [1.54, 1.807) is 0 Å². The van der Waals surface area contributed by atoms with Crippen molar-refractivity contribution in [3.8, 4) is 5.75 Å². The molecule has 26 heavy (non-hydrogen) atoms. The Labute approximate surface area is 148 Å². The fourth-order valence-electron chi connectivity index (χ4n) is 2.39. The van der Waals surface area contributed by atoms with E-state index in [0.717, 1.165) is 49.6 Å². The number of rotatable bonds is 8. The van der Waals surface area contributed by atoms with Gasteiger partial charge in [-0.15, -0.1) is 0 Å². The Kier molecular flexibility index (Phi) is 5.94. The van der Waals surface area contributed by atoms with Gasteiger partial charge in [-0.25, -0.2) is 0 Å². The van der Waals surface area contributed by atoms with Gasteiger partial charge in [-0.1, -0.05) is 19.8 Å². The Bertz CT molecular complexity index is 840. The molecule has 136 valence electrons. The molecule has 1 aromatic rings. The second-order valence-corrected chi connectivity index (χ2v) is 5.63. The van der Waals surface area contributed by atoms with Crippen LogP contribution in [0.3, 0.4) is 0 Å². The molecule has 1 aliphatic carbocycles. The summed E-state index contributed by atoms with van der Waals surface area (Å²) < 4.78 is 5.20. The molecule has 2 rings (SSSR count). The number of ketones is 2. The van der Waals surface area contributed by atoms with E-state index in [0.29, 0.717) is 12.0 Å². The number of benzene rings is 1. The van der Waals surface area contributed by atoms with Gasteiger partial charge in [-0.3, -0.25) is 29.8 Å². The molecule has 9 heteroatoms. The molecular weight excluding hydrogens is 344 g/mol. The summed E-state index contributed by atoms with van der Waals surface area (Å²) in [6.07, 6.45) is 5.23. The normalized spacial score (nSPS) is 13.9. The first-order valence-electron chi connectivity index (χ1n) is 7.95. The van der Waals surface area contributed by atoms with Crippen molar-refractivity contribution in [2.24, 2.45) is 0 Å². The molecule has 0 amide bonds. The minimum Gasteiger partial charge on any atom is -0.446 e. The van der Waals surface area contributed by atoms with Gasteiger partial charge < -0.3 is 4.74 Å². The van der Waals surface area contributed by atoms with Crippen molar-refractivity contribution in [2.75, 3.05) is 0 Å². The van der Waals surface area contributed by atoms with E-state index in [9.17, 15) is 29.8 Å². The van der Waals surface area contributed by atoms with E-state index < -0.39 is 44.3 Å². The molecule has 0 fully saturated rings. The third kappa shape index (κ3) is 4.38. The van der Waals surface area contributed by atoms with E-state index in [1.165, 1.54) is 0 Å². The standard InChI is InChI=1S/C17H16N2O7/c1-2-3-4-5-11-8-15(21)17(10-14(11)20)26-16-9-12(18(22)23)6-7-13(16)19(24)25/h6-10H,2-5H2,1H3. The molecule has 0 saturated carbocycles. The summed E-state index contributed by atoms with van der Waals surface area (Å²) in [7, 11) is 0. The Hall–Kier alpha value is -3.36. The smallest absolute Gasteiger partial charge is 0.312 e. The molecule has 0 spiro atoms. The summed E-state index contributed by atoms with van der Waals surface area (Å²) >= 11 is 0. The summed E-state index contributed by atoms with van der Waals surface area (Å²) in [6.45, 7) is 2.01. The maximum Gasteiger partial charge on any atom is 0.312 e. The van der Waals surface area contributed by atoms with Crippen molar-refractivity contribution in [1.29, 1.82) is 0 Å². The molecule has 0 bridgehead atoms. The van der Waals surface area contributed by atoms with E-state index >= 15 is 0 Å². The number of allylic oxidation sites excluding steroid dienone is 3. The number of unbranched alkanes of at least 4 members (excludes halogenated alkanes) is 2. The van der Waals surface area contributed by atoms with Crippen LogP contribution >= 0.6 is 0 Å². The quantitative estimate of drug-likeness (QED) is 0.300. The van der Waals surface area contributed by atoms with Crippen LogP contribution in [0.5, 0.6) is 5.75 Å². The highest BCUT2D eigenvalue weighted by atomic mass is 16.6. The number of non-ortho nitro benzene ring substituents is 1. The van der Waals surface area contributed by atoms with E-state index in [-0.39, 0.29) is 0 Å². The first-order chi connectivity index (χ1) is 12.3. The van der Waals surface area contributed by atoms with Gasteiger partial charge in [0.15, 0.2) is 11.5 Å². The maximum absolute atomic E-state index is 12.2. The van der Waals surface area contributed by atoms with Gasteiger partial charge >= 0.3 is 5.69 Å². The molecule has 0 aromatic heterocycles. The largest absolute Gasteiger partial charge is 0.446 e. The number of hydrogen-bond donors (Lipinski definition) is 0. The molecule has 0 saturated heterocycles. The summed E-state index contributed by atoms with van der Waals surface area (Å²) in [5.41, 5.74) is -0.629. The molecule has 9 nitrogen and oxygen atoms in total. The molecule has 1 aliphatic rings. The molecular formula is C17H16N2O7. The minimum atomic E-state index is -0.791. The number of nitro benzene ring substituents is 2. The molecule has 0 N–H and O–H groups in total. The van der Waals surface area contributed by atoms with Crippen LogP contribution in [0.25, 0.3) is 0 Å². The van der Waals surface area contributed by atoms with Crippen molar-refractivity contribution in [3.05, 3.63) is 61.9 Å². The molecule has 1 aromatic carbocycles. The monoisotopic (exact) mass is 360 g/mol. The second kappa shape index (κ2) is 8.15. The fourth-order valence-corrected chi connectivity index (χ4v) is 2.39. The summed E-state index contributed by atoms with van der Waals surface area (Å²) in [6, 6.07) is 2.71. The maximum atomic E-state index is 12.2. The van der Waals surface area contributed by atoms with Crippen molar-refractivity contribution in [2.45, 2.75) is 32.6 Å². The number of hydrogen-bond acceptors (Lipinski definition) is 7. The van der Waals surface area contributed by atoms with Crippen molar-refractivity contribution in [3.63, 3.8) is 0 Å². The lowest BCUT2D eigenvalue weighted by Crippen LogP contribution is -2.17. The van der Waals surface area contributed by atoms with Crippen LogP contribution in [0, 0.1) is 20.2 Å². The van der Waals surface area contributed by atoms with E-state index in [4.69, 9.17) is 4.74 Å². The van der Waals surface area contributed by atoms with Gasteiger partial charge in [0.05, 0.1) is 15.9 Å². The van der Waals surface area contributed by atoms with E-state index in [1.807, 2.05) is 6.92 Å². The fraction of sp³-hybridized carbons (Fsp3) is 0.294. The van der Waals surface area contributed by atoms with Crippen LogP contribution < -0.4 is 4.74 Å². The number of ether oxygens (including phenoxy) is 1. The van der Waals surface area contributed by atoms with Gasteiger partial charge in [-0.05, 0) is 18.9 Å². The first-order valence-corrected chi connectivity index (χ1v) is 7.95. The zero-order chi connectivity index (χ0) is 19.3. The van der Waals surface area contributed by atoms with Gasteiger partial charge in [0.25, 0.3) is 5.69 Å². The highest BCUT2D eigenvalue weighted by Crippen LogP contribution is 2.33. The van der Waals surface area contributed by atoms with Crippen LogP contribution in [0.4, 0.5) is 11.4 Å². The summed E-state index contributed by atoms with van der Waals surface area (Å²) in [5.74, 6) is -1.90. The Morgan fingerprint density at radius 1 is 1.00 bits per heavy atom. The average Bonchev–Trinajstić information content (AvgIpc) is 2.58. The average molecular weight is 360 g/mol. The Morgan fingerprint density at radius 3 is 2.35 bits per heavy atom. The molecule has 0 atom stereocenters. The predicted octanol–water partition coefficient (Wildman–Crippen LogP) is 3.42. The number of carbonyl (C=O) groups excluding carboxylic acids is 2. The topological polar surface area (TPSA) is 130 Å². The zero-order valence-corrected chi connectivity index (χ0v) is 14.0. The van der Waals surface area contributed by atoms with Crippen molar-refractivity contribution < 1.29 is 24.2 Å². The number of nitrogens with zero attached hydrogens (tertiary/aromatic N) is 2. The van der Waals surface area contributed by atoms with Gasteiger partial charge in [0, 0.05) is 23.8 Å². The Morgan fingerprint density at radius 2 is 1.73 bits per heavy atom. The van der Waals surface area contributed by atoms with Crippen LogP contribution in [0.15, 0.2) is 41.7 Å². The molecule has 0 heterocycles. The van der Waals surface area contributed by atoms with Gasteiger partial charge in [0.2, 0.25) is 11.5 Å². The summed E-state index contributed by atoms with van der Waals surface area (Å²) in [5, 5.41) is 21.9. The van der Waals surface area contributed by atoms with Gasteiger partial charge in [-0.2, -0.15) is 0 Å². The minimum absolute atomic E-state index is 0.351. The molecule has 0 unspecified atom stereocenters. The first kappa shape index (κ1) is 19.0. The lowest BCUT2D eigenvalue weighted by molar-refractivity contribution is -0.389. The summed E-state index contributed by atoms with van der Waals surface area (Å²) in [4.78, 5) is 44.6. The zero-order valence-electron chi connectivity index (χ0n) is 14.0. The Balaban J connectivity index is 2.26. The SMILES string of the molecule is CCCCCC1=CC(=O)C(Oc2cc([N+](=O)[O-])ccc2[N+](=O)[O-])=CC1=O. The third-order valence-electron chi connectivity index (χ3n) is 3.75. The second-order valence-electron chi connectivity index (χ2n) is 5.63. The van der Waals surface area contributed by atoms with Crippen molar-refractivity contribution >= 4 is 22.9 Å². The lowest BCUT2D eigenvalue weighted by Gasteiger charge is -2.13. The number of carbonyl (C=O) groups is 2. The van der Waals surface area contributed by atoms with Gasteiger partial charge in [0.1, 0.15) is 0 Å². The van der Waals surface area contributed by atoms with Crippen LogP contribution in [-0.4, -0.2) is 21.4 Å². The predicted molar refractivity (Wildman–Crippen MR) is 90.7 cm³/mol. The highest BCUT2D eigenvalue weighted by molar-refractivity contribution is 6.19.